The summed E-state index contributed by atoms with van der Waals surface area (Å²) < 4.78 is 0. The highest BCUT2D eigenvalue weighted by Crippen LogP contribution is 2.20. The van der Waals surface area contributed by atoms with E-state index in [9.17, 15) is 48.3 Å². The van der Waals surface area contributed by atoms with Crippen molar-refractivity contribution in [3.8, 4) is 0 Å². The Balaban J connectivity index is 2.14. The van der Waals surface area contributed by atoms with Gasteiger partial charge in [-0.1, -0.05) is 44.2 Å². The van der Waals surface area contributed by atoms with Crippen LogP contribution in [0.15, 0.2) is 30.3 Å². The second-order valence-corrected chi connectivity index (χ2v) is 14.8. The summed E-state index contributed by atoms with van der Waals surface area (Å²) in [6.07, 6.45) is 1.35. The fourth-order valence-corrected chi connectivity index (χ4v) is 6.36. The number of carbonyl (C=O) groups is 9. The topological polar surface area (TPSA) is 310 Å². The molecule has 2 rings (SSSR count). The number of likely N-dealkylation sites (tertiary alicyclic amines) is 1. The van der Waals surface area contributed by atoms with Crippen LogP contribution in [-0.4, -0.2) is 129 Å². The van der Waals surface area contributed by atoms with Crippen LogP contribution in [0.3, 0.4) is 0 Å². The van der Waals surface area contributed by atoms with Crippen LogP contribution in [0.5, 0.6) is 0 Å². The van der Waals surface area contributed by atoms with E-state index in [0.29, 0.717) is 17.7 Å². The number of nitrogens with one attached hydrogen (secondary N) is 5. The van der Waals surface area contributed by atoms with Crippen molar-refractivity contribution in [3.63, 3.8) is 0 Å². The summed E-state index contributed by atoms with van der Waals surface area (Å²) in [6.45, 7) is 4.77. The van der Waals surface area contributed by atoms with E-state index in [0.717, 1.165) is 0 Å². The number of hydrogen-bond acceptors (Lipinski definition) is 11. The van der Waals surface area contributed by atoms with Gasteiger partial charge in [0.1, 0.15) is 36.3 Å². The molecule has 56 heavy (non-hydrogen) atoms. The lowest BCUT2D eigenvalue weighted by molar-refractivity contribution is -0.145. The molecule has 1 aromatic carbocycles. The molecule has 1 saturated heterocycles. The summed E-state index contributed by atoms with van der Waals surface area (Å²) in [6, 6.07) is 0.113. The molecule has 0 aliphatic carbocycles. The number of thioether (sulfide) groups is 1. The molecule has 0 aromatic heterocycles. The van der Waals surface area contributed by atoms with E-state index < -0.39 is 114 Å². The Morgan fingerprint density at radius 2 is 1.46 bits per heavy atom. The number of nitrogens with zero attached hydrogens (tertiary/aromatic N) is 1. The Morgan fingerprint density at radius 1 is 0.821 bits per heavy atom. The summed E-state index contributed by atoms with van der Waals surface area (Å²) >= 11 is 1.42. The van der Waals surface area contributed by atoms with Gasteiger partial charge in [-0.15, -0.1) is 0 Å². The van der Waals surface area contributed by atoms with E-state index in [1.165, 1.54) is 23.6 Å². The van der Waals surface area contributed by atoms with Crippen LogP contribution < -0.4 is 38.1 Å². The number of benzene rings is 1. The Morgan fingerprint density at radius 3 is 2.04 bits per heavy atom. The van der Waals surface area contributed by atoms with Crippen molar-refractivity contribution in [1.29, 1.82) is 0 Å². The molecule has 19 nitrogen and oxygen atoms in total. The average Bonchev–Trinajstić information content (AvgIpc) is 3.63. The Hall–Kier alpha value is -5.24. The van der Waals surface area contributed by atoms with Gasteiger partial charge in [-0.25, -0.2) is 4.79 Å². The number of aliphatic carboxylic acids is 2. The zero-order chi connectivity index (χ0) is 42.1. The number of amides is 7. The largest absolute Gasteiger partial charge is 0.481 e. The van der Waals surface area contributed by atoms with Crippen molar-refractivity contribution in [2.75, 3.05) is 18.6 Å². The monoisotopic (exact) mass is 806 g/mol. The van der Waals surface area contributed by atoms with Gasteiger partial charge in [-0.2, -0.15) is 11.8 Å². The normalized spacial score (nSPS) is 17.0. The second-order valence-electron chi connectivity index (χ2n) is 13.9. The van der Waals surface area contributed by atoms with Crippen LogP contribution in [0.4, 0.5) is 0 Å². The number of carbonyl (C=O) groups excluding carboxylic acids is 7. The molecule has 0 saturated carbocycles. The van der Waals surface area contributed by atoms with Crippen LogP contribution in [0.2, 0.25) is 0 Å². The fraction of sp³-hybridized carbons (Fsp3) is 0.583. The number of rotatable bonds is 23. The van der Waals surface area contributed by atoms with E-state index >= 15 is 0 Å². The average molecular weight is 807 g/mol. The van der Waals surface area contributed by atoms with Crippen molar-refractivity contribution in [2.24, 2.45) is 17.4 Å². The zero-order valence-electron chi connectivity index (χ0n) is 31.9. The Bertz CT molecular complexity index is 1580. The molecule has 20 heteroatoms. The number of primary amides is 1. The van der Waals surface area contributed by atoms with Gasteiger partial charge in [-0.05, 0) is 56.1 Å². The molecular weight excluding hydrogens is 753 g/mol. The lowest BCUT2D eigenvalue weighted by atomic mass is 10.0. The van der Waals surface area contributed by atoms with Crippen molar-refractivity contribution in [1.82, 2.24) is 31.5 Å². The predicted molar refractivity (Wildman–Crippen MR) is 204 cm³/mol. The molecule has 1 heterocycles. The summed E-state index contributed by atoms with van der Waals surface area (Å²) in [5.41, 5.74) is 11.5. The minimum absolute atomic E-state index is 0.0366. The first-order chi connectivity index (χ1) is 26.4. The van der Waals surface area contributed by atoms with Crippen molar-refractivity contribution in [2.45, 2.75) is 108 Å². The van der Waals surface area contributed by atoms with E-state index in [-0.39, 0.29) is 32.2 Å². The van der Waals surface area contributed by atoms with Crippen molar-refractivity contribution in [3.05, 3.63) is 35.9 Å². The molecule has 1 aliphatic heterocycles. The van der Waals surface area contributed by atoms with Gasteiger partial charge < -0.3 is 53.2 Å². The third kappa shape index (κ3) is 15.1. The molecular formula is C36H54N8O11S. The first kappa shape index (κ1) is 46.9. The molecule has 310 valence electrons. The molecule has 0 bridgehead atoms. The number of carboxylic acids is 2. The Kier molecular flexibility index (Phi) is 19.2. The highest BCUT2D eigenvalue weighted by molar-refractivity contribution is 7.98. The maximum atomic E-state index is 13.9. The molecule has 7 atom stereocenters. The SMILES string of the molecule is CSCC[C@H](NC(=O)[C@H](C)NC(=O)[C@@H](NC(=O)[C@H](CCC(=O)O)NC(=O)[C@@H](N)CC(N)=O)C(C)C)C(=O)N1CCC[C@H]1C(=O)N[C@@H](Cc1ccccc1)C(=O)O. The molecule has 0 spiro atoms. The third-order valence-electron chi connectivity index (χ3n) is 9.00. The van der Waals surface area contributed by atoms with Crippen LogP contribution in [0, 0.1) is 5.92 Å². The highest BCUT2D eigenvalue weighted by Gasteiger charge is 2.39. The molecule has 7 amide bonds. The minimum atomic E-state index is -1.45. The third-order valence-corrected chi connectivity index (χ3v) is 9.64. The second kappa shape index (κ2) is 23.0. The van der Waals surface area contributed by atoms with Gasteiger partial charge in [-0.3, -0.25) is 38.4 Å². The van der Waals surface area contributed by atoms with E-state index in [4.69, 9.17) is 16.6 Å². The number of nitrogens with two attached hydrogens (primary N) is 2. The van der Waals surface area contributed by atoms with Gasteiger partial charge in [0.15, 0.2) is 0 Å². The summed E-state index contributed by atoms with van der Waals surface area (Å²) in [4.78, 5) is 116. The van der Waals surface area contributed by atoms with Gasteiger partial charge in [0.2, 0.25) is 41.4 Å². The molecule has 0 radical (unpaired) electrons. The minimum Gasteiger partial charge on any atom is -0.481 e. The van der Waals surface area contributed by atoms with Gasteiger partial charge >= 0.3 is 11.9 Å². The predicted octanol–water partition coefficient (Wildman–Crippen LogP) is -1.77. The quantitative estimate of drug-likeness (QED) is 0.0592. The molecule has 1 fully saturated rings. The zero-order valence-corrected chi connectivity index (χ0v) is 32.8. The smallest absolute Gasteiger partial charge is 0.326 e. The van der Waals surface area contributed by atoms with E-state index in [2.05, 4.69) is 26.6 Å². The fourth-order valence-electron chi connectivity index (χ4n) is 5.89. The first-order valence-corrected chi connectivity index (χ1v) is 19.6. The van der Waals surface area contributed by atoms with Crippen molar-refractivity contribution < 1.29 is 53.4 Å². The van der Waals surface area contributed by atoms with E-state index in [1.54, 1.807) is 44.2 Å². The van der Waals surface area contributed by atoms with E-state index in [1.807, 2.05) is 6.26 Å². The van der Waals surface area contributed by atoms with Gasteiger partial charge in [0.05, 0.1) is 12.5 Å². The highest BCUT2D eigenvalue weighted by atomic mass is 32.2. The van der Waals surface area contributed by atoms with Crippen LogP contribution >= 0.6 is 11.8 Å². The van der Waals surface area contributed by atoms with Crippen LogP contribution in [-0.2, 0) is 49.6 Å². The maximum Gasteiger partial charge on any atom is 0.326 e. The van der Waals surface area contributed by atoms with Crippen molar-refractivity contribution >= 4 is 65.1 Å². The van der Waals surface area contributed by atoms with Gasteiger partial charge in [0.25, 0.3) is 0 Å². The van der Waals surface area contributed by atoms with Crippen LogP contribution in [0.1, 0.15) is 64.9 Å². The molecule has 11 N–H and O–H groups in total. The maximum absolute atomic E-state index is 13.9. The number of carboxylic acid groups (broad SMARTS) is 2. The number of hydrogen-bond donors (Lipinski definition) is 9. The molecule has 1 aliphatic rings. The molecule has 1 aromatic rings. The van der Waals surface area contributed by atoms with Crippen LogP contribution in [0.25, 0.3) is 0 Å². The lowest BCUT2D eigenvalue weighted by Gasteiger charge is -2.30. The first-order valence-electron chi connectivity index (χ1n) is 18.2. The molecule has 0 unspecified atom stereocenters. The van der Waals surface area contributed by atoms with Gasteiger partial charge in [0, 0.05) is 19.4 Å². The summed E-state index contributed by atoms with van der Waals surface area (Å²) in [5.74, 6) is -8.05. The summed E-state index contributed by atoms with van der Waals surface area (Å²) in [5, 5.41) is 31.5. The lowest BCUT2D eigenvalue weighted by Crippen LogP contribution is -2.60. The summed E-state index contributed by atoms with van der Waals surface area (Å²) in [7, 11) is 0. The Labute approximate surface area is 329 Å². The standard InChI is InChI=1S/C36H54N8O11S/c1-19(2)29(43-32(50)23(12-13-28(46)47)40-31(49)22(37)18-27(38)45)34(52)39-20(3)30(48)41-24(14-16-56-4)35(53)44-15-8-11-26(44)33(51)42-25(36(54)55)17-21-9-6-5-7-10-21/h5-7,9-10,19-20,22-26,29H,8,11-18,37H2,1-4H3,(H2,38,45)(H,39,52)(H,40,49)(H,41,48)(H,42,51)(H,43,50)(H,46,47)(H,54,55)/t20-,22-,23-,24-,25-,26-,29-/m0/s1.